The molecule has 3 rings (SSSR count). The van der Waals surface area contributed by atoms with E-state index in [1.807, 2.05) is 44.2 Å². The van der Waals surface area contributed by atoms with Crippen molar-refractivity contribution < 1.29 is 14.3 Å². The highest BCUT2D eigenvalue weighted by Crippen LogP contribution is 2.42. The quantitative estimate of drug-likeness (QED) is 0.755. The molecule has 0 aromatic heterocycles. The number of ether oxygens (including phenoxy) is 1. The summed E-state index contributed by atoms with van der Waals surface area (Å²) in [5.41, 5.74) is -0.872. The Bertz CT molecular complexity index is 594. The topological polar surface area (TPSA) is 67.4 Å². The van der Waals surface area contributed by atoms with E-state index in [1.165, 1.54) is 0 Å². The lowest BCUT2D eigenvalue weighted by molar-refractivity contribution is -0.150. The van der Waals surface area contributed by atoms with Gasteiger partial charge in [0.1, 0.15) is 17.3 Å². The van der Waals surface area contributed by atoms with E-state index in [0.717, 1.165) is 25.0 Å². The normalized spacial score (nSPS) is 21.1. The summed E-state index contributed by atoms with van der Waals surface area (Å²) in [4.78, 5) is 25.2. The number of nitrogens with one attached hydrogen (secondary N) is 2. The minimum atomic E-state index is -0.872. The molecule has 5 heteroatoms. The molecule has 0 spiro atoms. The molecular formula is C19H26N2O3. The lowest BCUT2D eigenvalue weighted by Crippen LogP contribution is -2.58. The molecule has 2 fully saturated rings. The maximum Gasteiger partial charge on any atom is 0.236 e. The van der Waals surface area contributed by atoms with Crippen molar-refractivity contribution >= 4 is 11.8 Å². The third kappa shape index (κ3) is 3.55. The van der Waals surface area contributed by atoms with Crippen LogP contribution in [0.2, 0.25) is 0 Å². The molecule has 2 atom stereocenters. The predicted molar refractivity (Wildman–Crippen MR) is 91.6 cm³/mol. The van der Waals surface area contributed by atoms with Crippen molar-refractivity contribution in [3.05, 3.63) is 30.3 Å². The van der Waals surface area contributed by atoms with E-state index in [0.29, 0.717) is 12.8 Å². The van der Waals surface area contributed by atoms with Gasteiger partial charge in [-0.3, -0.25) is 9.59 Å². The van der Waals surface area contributed by atoms with Crippen LogP contribution in [0.25, 0.3) is 0 Å². The van der Waals surface area contributed by atoms with E-state index in [1.54, 1.807) is 0 Å². The summed E-state index contributed by atoms with van der Waals surface area (Å²) in [6, 6.07) is 9.64. The van der Waals surface area contributed by atoms with Crippen LogP contribution in [0.3, 0.4) is 0 Å². The summed E-state index contributed by atoms with van der Waals surface area (Å²) < 4.78 is 5.86. The van der Waals surface area contributed by atoms with E-state index < -0.39 is 5.41 Å². The highest BCUT2D eigenvalue weighted by molar-refractivity contribution is 6.06. The fraction of sp³-hybridized carbons (Fsp3) is 0.579. The Hall–Kier alpha value is -2.04. The SMILES string of the molecule is CC(NC(=O)C1(C(=O)NC2CC2)CCC1)C(C)Oc1ccccc1. The minimum Gasteiger partial charge on any atom is -0.489 e. The van der Waals surface area contributed by atoms with Gasteiger partial charge in [-0.1, -0.05) is 24.6 Å². The van der Waals surface area contributed by atoms with Crippen LogP contribution in [-0.4, -0.2) is 30.0 Å². The lowest BCUT2D eigenvalue weighted by Gasteiger charge is -2.39. The second kappa shape index (κ2) is 6.83. The van der Waals surface area contributed by atoms with E-state index in [4.69, 9.17) is 4.74 Å². The summed E-state index contributed by atoms with van der Waals surface area (Å²) in [6.45, 7) is 3.84. The van der Waals surface area contributed by atoms with Gasteiger partial charge in [-0.15, -0.1) is 0 Å². The third-order valence-corrected chi connectivity index (χ3v) is 5.12. The van der Waals surface area contributed by atoms with Crippen molar-refractivity contribution in [1.82, 2.24) is 10.6 Å². The molecule has 2 aliphatic carbocycles. The Morgan fingerprint density at radius 1 is 1.12 bits per heavy atom. The molecule has 1 aromatic carbocycles. The molecule has 2 saturated carbocycles. The number of rotatable bonds is 7. The first-order chi connectivity index (χ1) is 11.5. The van der Waals surface area contributed by atoms with E-state index in [2.05, 4.69) is 10.6 Å². The average molecular weight is 330 g/mol. The van der Waals surface area contributed by atoms with Gasteiger partial charge < -0.3 is 15.4 Å². The molecule has 130 valence electrons. The number of benzene rings is 1. The van der Waals surface area contributed by atoms with Gasteiger partial charge in [0.15, 0.2) is 0 Å². The van der Waals surface area contributed by atoms with Crippen molar-refractivity contribution in [2.45, 2.75) is 64.1 Å². The zero-order valence-corrected chi connectivity index (χ0v) is 14.4. The van der Waals surface area contributed by atoms with Gasteiger partial charge in [-0.05, 0) is 51.7 Å². The molecule has 0 heterocycles. The van der Waals surface area contributed by atoms with Crippen molar-refractivity contribution in [3.63, 3.8) is 0 Å². The molecule has 2 amide bonds. The fourth-order valence-electron chi connectivity index (χ4n) is 2.92. The molecule has 5 nitrogen and oxygen atoms in total. The molecule has 0 bridgehead atoms. The molecule has 0 saturated heterocycles. The van der Waals surface area contributed by atoms with Gasteiger partial charge in [0.05, 0.1) is 6.04 Å². The molecule has 0 radical (unpaired) electrons. The Kier molecular flexibility index (Phi) is 4.78. The van der Waals surface area contributed by atoms with Crippen LogP contribution >= 0.6 is 0 Å². The van der Waals surface area contributed by atoms with Crippen molar-refractivity contribution in [2.24, 2.45) is 5.41 Å². The van der Waals surface area contributed by atoms with Gasteiger partial charge in [0.25, 0.3) is 0 Å². The number of carbonyl (C=O) groups is 2. The third-order valence-electron chi connectivity index (χ3n) is 5.12. The number of hydrogen-bond acceptors (Lipinski definition) is 3. The Morgan fingerprint density at radius 3 is 2.33 bits per heavy atom. The van der Waals surface area contributed by atoms with Crippen LogP contribution in [0, 0.1) is 5.41 Å². The van der Waals surface area contributed by atoms with E-state index in [9.17, 15) is 9.59 Å². The fourth-order valence-corrected chi connectivity index (χ4v) is 2.92. The highest BCUT2D eigenvalue weighted by Gasteiger charge is 2.52. The highest BCUT2D eigenvalue weighted by atomic mass is 16.5. The molecule has 2 N–H and O–H groups in total. The molecule has 1 aromatic rings. The van der Waals surface area contributed by atoms with Crippen LogP contribution in [0.4, 0.5) is 0 Å². The summed E-state index contributed by atoms with van der Waals surface area (Å²) in [5.74, 6) is 0.511. The molecule has 2 unspecified atom stereocenters. The monoisotopic (exact) mass is 330 g/mol. The summed E-state index contributed by atoms with van der Waals surface area (Å²) in [7, 11) is 0. The number of para-hydroxylation sites is 1. The molecule has 2 aliphatic rings. The maximum atomic E-state index is 12.7. The molecule has 0 aliphatic heterocycles. The average Bonchev–Trinajstić information content (AvgIpc) is 3.30. The van der Waals surface area contributed by atoms with Gasteiger partial charge >= 0.3 is 0 Å². The number of carbonyl (C=O) groups excluding carboxylic acids is 2. The van der Waals surface area contributed by atoms with Crippen molar-refractivity contribution in [3.8, 4) is 5.75 Å². The van der Waals surface area contributed by atoms with E-state index >= 15 is 0 Å². The molecule has 24 heavy (non-hydrogen) atoms. The predicted octanol–water partition coefficient (Wildman–Crippen LogP) is 2.41. The van der Waals surface area contributed by atoms with Crippen LogP contribution < -0.4 is 15.4 Å². The standard InChI is InChI=1S/C19H26N2O3/c1-13(14(2)24-16-7-4-3-5-8-16)20-17(22)19(11-6-12-19)18(23)21-15-9-10-15/h3-5,7-8,13-15H,6,9-12H2,1-2H3,(H,20,22)(H,21,23). The smallest absolute Gasteiger partial charge is 0.236 e. The van der Waals surface area contributed by atoms with Crippen LogP contribution in [0.15, 0.2) is 30.3 Å². The first kappa shape index (κ1) is 16.8. The first-order valence-electron chi connectivity index (χ1n) is 8.85. The minimum absolute atomic E-state index is 0.0995. The Morgan fingerprint density at radius 2 is 1.79 bits per heavy atom. The van der Waals surface area contributed by atoms with Crippen LogP contribution in [0.1, 0.15) is 46.0 Å². The lowest BCUT2D eigenvalue weighted by atomic mass is 9.67. The summed E-state index contributed by atoms with van der Waals surface area (Å²) in [5, 5.41) is 5.98. The van der Waals surface area contributed by atoms with Gasteiger partial charge in [0, 0.05) is 6.04 Å². The number of hydrogen-bond donors (Lipinski definition) is 2. The van der Waals surface area contributed by atoms with Crippen molar-refractivity contribution in [1.29, 1.82) is 0 Å². The Balaban J connectivity index is 1.57. The van der Waals surface area contributed by atoms with Gasteiger partial charge in [-0.2, -0.15) is 0 Å². The van der Waals surface area contributed by atoms with Crippen molar-refractivity contribution in [2.75, 3.05) is 0 Å². The largest absolute Gasteiger partial charge is 0.489 e. The van der Waals surface area contributed by atoms with Gasteiger partial charge in [0.2, 0.25) is 11.8 Å². The second-order valence-corrected chi connectivity index (χ2v) is 7.08. The zero-order valence-electron chi connectivity index (χ0n) is 14.4. The second-order valence-electron chi connectivity index (χ2n) is 7.08. The van der Waals surface area contributed by atoms with Crippen LogP contribution in [-0.2, 0) is 9.59 Å². The molecular weight excluding hydrogens is 304 g/mol. The van der Waals surface area contributed by atoms with Gasteiger partial charge in [-0.25, -0.2) is 0 Å². The van der Waals surface area contributed by atoms with Crippen LogP contribution in [0.5, 0.6) is 5.75 Å². The summed E-state index contributed by atoms with van der Waals surface area (Å²) >= 11 is 0. The number of amides is 2. The Labute approximate surface area is 143 Å². The van der Waals surface area contributed by atoms with E-state index in [-0.39, 0.29) is 30.0 Å². The summed E-state index contributed by atoms with van der Waals surface area (Å²) in [6.07, 6.45) is 4.08. The zero-order chi connectivity index (χ0) is 17.2. The first-order valence-corrected chi connectivity index (χ1v) is 8.85. The maximum absolute atomic E-state index is 12.7.